The zero-order valence-electron chi connectivity index (χ0n) is 12.6. The van der Waals surface area contributed by atoms with Crippen molar-refractivity contribution in [2.24, 2.45) is 0 Å². The van der Waals surface area contributed by atoms with Crippen LogP contribution in [0.15, 0.2) is 30.5 Å². The molecule has 0 aliphatic rings. The summed E-state index contributed by atoms with van der Waals surface area (Å²) < 4.78 is 40.7. The van der Waals surface area contributed by atoms with Crippen molar-refractivity contribution in [1.29, 1.82) is 0 Å². The van der Waals surface area contributed by atoms with Gasteiger partial charge in [0.2, 0.25) is 0 Å². The largest absolute Gasteiger partial charge is 0.416 e. The van der Waals surface area contributed by atoms with Gasteiger partial charge < -0.3 is 0 Å². The molecule has 0 aliphatic carbocycles. The topological polar surface area (TPSA) is 42.0 Å². The molecular formula is C16H17F3N2OS. The summed E-state index contributed by atoms with van der Waals surface area (Å²) >= 11 is 1.33. The summed E-state index contributed by atoms with van der Waals surface area (Å²) in [5, 5.41) is 0.502. The van der Waals surface area contributed by atoms with Crippen molar-refractivity contribution in [3.8, 4) is 0 Å². The van der Waals surface area contributed by atoms with Crippen LogP contribution in [0.2, 0.25) is 0 Å². The van der Waals surface area contributed by atoms with Gasteiger partial charge in [-0.2, -0.15) is 13.2 Å². The Labute approximate surface area is 136 Å². The van der Waals surface area contributed by atoms with Crippen LogP contribution in [0.1, 0.15) is 42.1 Å². The fourth-order valence-corrected chi connectivity index (χ4v) is 2.72. The van der Waals surface area contributed by atoms with Crippen LogP contribution in [0.25, 0.3) is 10.9 Å². The van der Waals surface area contributed by atoms with E-state index < -0.39 is 11.7 Å². The highest BCUT2D eigenvalue weighted by Crippen LogP contribution is 2.31. The molecule has 3 nitrogen and oxygen atoms in total. The molecule has 0 spiro atoms. The van der Waals surface area contributed by atoms with Gasteiger partial charge in [-0.05, 0) is 24.6 Å². The molecule has 0 fully saturated rings. The van der Waals surface area contributed by atoms with Crippen molar-refractivity contribution in [2.45, 2.75) is 32.4 Å². The van der Waals surface area contributed by atoms with Crippen molar-refractivity contribution in [1.82, 2.24) is 9.71 Å². The van der Waals surface area contributed by atoms with Gasteiger partial charge in [-0.25, -0.2) is 0 Å². The molecule has 7 heteroatoms. The van der Waals surface area contributed by atoms with Crippen LogP contribution in [0.3, 0.4) is 0 Å². The fraction of sp³-hybridized carbons (Fsp3) is 0.375. The molecule has 0 bridgehead atoms. The van der Waals surface area contributed by atoms with Crippen molar-refractivity contribution in [3.05, 3.63) is 41.6 Å². The molecular weight excluding hydrogens is 325 g/mol. The third kappa shape index (κ3) is 4.86. The number of amides is 1. The zero-order chi connectivity index (χ0) is 16.9. The lowest BCUT2D eigenvalue weighted by molar-refractivity contribution is -0.137. The summed E-state index contributed by atoms with van der Waals surface area (Å²) in [4.78, 5) is 16.0. The number of hydrogen-bond donors (Lipinski definition) is 1. The maximum Gasteiger partial charge on any atom is 0.416 e. The van der Waals surface area contributed by atoms with E-state index >= 15 is 0 Å². The number of carbonyl (C=O) groups excluding carboxylic acids is 1. The van der Waals surface area contributed by atoms with E-state index in [1.807, 2.05) is 0 Å². The van der Waals surface area contributed by atoms with Crippen LogP contribution in [0.4, 0.5) is 13.2 Å². The van der Waals surface area contributed by atoms with Gasteiger partial charge >= 0.3 is 6.18 Å². The maximum atomic E-state index is 12.7. The lowest BCUT2D eigenvalue weighted by Crippen LogP contribution is -2.16. The summed E-state index contributed by atoms with van der Waals surface area (Å²) in [6.07, 6.45) is 0.147. The first-order valence-corrected chi connectivity index (χ1v) is 8.29. The SMILES string of the molecule is CCCCCSNC(=O)c1cnc2cc(C(F)(F)F)ccc2c1. The molecule has 2 rings (SSSR count). The highest BCUT2D eigenvalue weighted by atomic mass is 32.2. The van der Waals surface area contributed by atoms with Gasteiger partial charge in [0.1, 0.15) is 0 Å². The van der Waals surface area contributed by atoms with Crippen molar-refractivity contribution in [3.63, 3.8) is 0 Å². The molecule has 1 N–H and O–H groups in total. The number of halogens is 3. The van der Waals surface area contributed by atoms with E-state index in [0.29, 0.717) is 10.9 Å². The summed E-state index contributed by atoms with van der Waals surface area (Å²) in [5.41, 5.74) is -0.201. The fourth-order valence-electron chi connectivity index (χ4n) is 2.02. The molecule has 0 saturated carbocycles. The highest BCUT2D eigenvalue weighted by Gasteiger charge is 2.30. The van der Waals surface area contributed by atoms with E-state index in [4.69, 9.17) is 0 Å². The first-order chi connectivity index (χ1) is 10.9. The minimum Gasteiger partial charge on any atom is -0.296 e. The Bertz CT molecular complexity index is 689. The number of carbonyl (C=O) groups is 1. The van der Waals surface area contributed by atoms with Crippen molar-refractivity contribution in [2.75, 3.05) is 5.75 Å². The average molecular weight is 342 g/mol. The van der Waals surface area contributed by atoms with Crippen LogP contribution in [-0.2, 0) is 6.18 Å². The Morgan fingerprint density at radius 1 is 1.26 bits per heavy atom. The predicted molar refractivity (Wildman–Crippen MR) is 86.2 cm³/mol. The van der Waals surface area contributed by atoms with Crippen LogP contribution >= 0.6 is 11.9 Å². The van der Waals surface area contributed by atoms with Gasteiger partial charge in [0.05, 0.1) is 16.6 Å². The third-order valence-corrected chi connectivity index (χ3v) is 4.11. The van der Waals surface area contributed by atoms with Gasteiger partial charge in [-0.15, -0.1) is 0 Å². The number of rotatable bonds is 6. The van der Waals surface area contributed by atoms with E-state index in [1.165, 1.54) is 24.2 Å². The van der Waals surface area contributed by atoms with Crippen LogP contribution in [0, 0.1) is 0 Å². The number of nitrogens with zero attached hydrogens (tertiary/aromatic N) is 1. The molecule has 124 valence electrons. The third-order valence-electron chi connectivity index (χ3n) is 3.29. The summed E-state index contributed by atoms with van der Waals surface area (Å²) in [7, 11) is 0. The van der Waals surface area contributed by atoms with E-state index in [-0.39, 0.29) is 11.4 Å². The van der Waals surface area contributed by atoms with Gasteiger partial charge in [0.25, 0.3) is 5.91 Å². The first-order valence-electron chi connectivity index (χ1n) is 7.31. The molecule has 23 heavy (non-hydrogen) atoms. The Kier molecular flexibility index (Phi) is 5.87. The standard InChI is InChI=1S/C16H17F3N2OS/c1-2-3-4-7-23-21-15(22)12-8-11-5-6-13(16(17,18)19)9-14(11)20-10-12/h5-6,8-10H,2-4,7H2,1H3,(H,21,22). The average Bonchev–Trinajstić information content (AvgIpc) is 2.52. The number of aromatic nitrogens is 1. The van der Waals surface area contributed by atoms with Gasteiger partial charge in [0, 0.05) is 17.3 Å². The van der Waals surface area contributed by atoms with E-state index in [0.717, 1.165) is 37.1 Å². The van der Waals surface area contributed by atoms with Crippen molar-refractivity contribution < 1.29 is 18.0 Å². The molecule has 0 radical (unpaired) electrons. The molecule has 0 atom stereocenters. The monoisotopic (exact) mass is 342 g/mol. The number of unbranched alkanes of at least 4 members (excludes halogenated alkanes) is 2. The Balaban J connectivity index is 2.07. The molecule has 1 aromatic carbocycles. The Hall–Kier alpha value is -1.76. The van der Waals surface area contributed by atoms with Crippen LogP contribution < -0.4 is 4.72 Å². The Morgan fingerprint density at radius 2 is 2.04 bits per heavy atom. The molecule has 1 heterocycles. The van der Waals surface area contributed by atoms with Gasteiger partial charge in [-0.1, -0.05) is 37.8 Å². The van der Waals surface area contributed by atoms with E-state index in [2.05, 4.69) is 16.6 Å². The highest BCUT2D eigenvalue weighted by molar-refractivity contribution is 7.97. The van der Waals surface area contributed by atoms with Gasteiger partial charge in [-0.3, -0.25) is 14.5 Å². The maximum absolute atomic E-state index is 12.7. The number of hydrogen-bond acceptors (Lipinski definition) is 3. The second-order valence-electron chi connectivity index (χ2n) is 5.12. The number of alkyl halides is 3. The normalized spacial score (nSPS) is 11.7. The van der Waals surface area contributed by atoms with E-state index in [9.17, 15) is 18.0 Å². The quantitative estimate of drug-likeness (QED) is 0.604. The number of nitrogens with one attached hydrogen (secondary N) is 1. The lowest BCUT2D eigenvalue weighted by Gasteiger charge is -2.08. The van der Waals surface area contributed by atoms with Gasteiger partial charge in [0.15, 0.2) is 0 Å². The molecule has 0 saturated heterocycles. The van der Waals surface area contributed by atoms with E-state index in [1.54, 1.807) is 6.07 Å². The molecule has 1 aromatic heterocycles. The number of pyridine rings is 1. The second kappa shape index (κ2) is 7.68. The van der Waals surface area contributed by atoms with Crippen molar-refractivity contribution >= 4 is 28.8 Å². The summed E-state index contributed by atoms with van der Waals surface area (Å²) in [6, 6.07) is 4.85. The molecule has 2 aromatic rings. The minimum atomic E-state index is -4.40. The van der Waals surface area contributed by atoms with Crippen LogP contribution in [-0.4, -0.2) is 16.6 Å². The first kappa shape index (κ1) is 17.6. The summed E-state index contributed by atoms with van der Waals surface area (Å²) in [6.45, 7) is 2.11. The predicted octanol–water partition coefficient (Wildman–Crippen LogP) is 4.82. The molecule has 0 unspecified atom stereocenters. The minimum absolute atomic E-state index is 0.215. The number of fused-ring (bicyclic) bond motifs is 1. The smallest absolute Gasteiger partial charge is 0.296 e. The number of benzene rings is 1. The summed E-state index contributed by atoms with van der Waals surface area (Å²) in [5.74, 6) is 0.538. The Morgan fingerprint density at radius 3 is 2.74 bits per heavy atom. The molecule has 1 amide bonds. The lowest BCUT2D eigenvalue weighted by atomic mass is 10.1. The van der Waals surface area contributed by atoms with Crippen LogP contribution in [0.5, 0.6) is 0 Å². The zero-order valence-corrected chi connectivity index (χ0v) is 13.4. The second-order valence-corrected chi connectivity index (χ2v) is 6.02. The molecule has 0 aliphatic heterocycles.